The Morgan fingerprint density at radius 1 is 1.35 bits per heavy atom. The van der Waals surface area contributed by atoms with Crippen molar-refractivity contribution in [3.05, 3.63) is 27.9 Å². The molecule has 0 fully saturated rings. The summed E-state index contributed by atoms with van der Waals surface area (Å²) in [4.78, 5) is 8.92. The zero-order chi connectivity index (χ0) is 14.3. The Balaban J connectivity index is 2.14. The summed E-state index contributed by atoms with van der Waals surface area (Å²) < 4.78 is 5.67. The highest BCUT2D eigenvalue weighted by Gasteiger charge is 2.20. The minimum atomic E-state index is 0.0564. The summed E-state index contributed by atoms with van der Waals surface area (Å²) in [5.74, 6) is 3.21. The molecular weight excluding hydrogens is 342 g/mol. The molecule has 1 aliphatic heterocycles. The number of thioether (sulfide) groups is 1. The molecule has 3 rings (SSSR count). The first kappa shape index (κ1) is 13.5. The highest BCUT2D eigenvalue weighted by Crippen LogP contribution is 2.39. The van der Waals surface area contributed by atoms with Crippen LogP contribution in [0.2, 0.25) is 0 Å². The highest BCUT2D eigenvalue weighted by atomic mass is 79.9. The second kappa shape index (κ2) is 5.14. The van der Waals surface area contributed by atoms with E-state index in [0.717, 1.165) is 28.3 Å². The first-order valence-corrected chi connectivity index (χ1v) is 7.84. The van der Waals surface area contributed by atoms with Gasteiger partial charge in [-0.3, -0.25) is 0 Å². The molecule has 0 spiro atoms. The van der Waals surface area contributed by atoms with Crippen molar-refractivity contribution >= 4 is 33.5 Å². The van der Waals surface area contributed by atoms with Gasteiger partial charge in [-0.25, -0.2) is 9.97 Å². The van der Waals surface area contributed by atoms with Crippen molar-refractivity contribution < 1.29 is 9.84 Å². The van der Waals surface area contributed by atoms with Crippen LogP contribution in [0.25, 0.3) is 11.4 Å². The lowest BCUT2D eigenvalue weighted by Gasteiger charge is -2.10. The van der Waals surface area contributed by atoms with Gasteiger partial charge in [0.25, 0.3) is 0 Å². The van der Waals surface area contributed by atoms with Crippen molar-refractivity contribution in [2.45, 2.75) is 11.5 Å². The molecule has 1 aliphatic rings. The quantitative estimate of drug-likeness (QED) is 0.863. The fraction of sp³-hybridized carbons (Fsp3) is 0.231. The summed E-state index contributed by atoms with van der Waals surface area (Å²) in [6.45, 7) is 0. The molecule has 104 valence electrons. The first-order valence-electron chi connectivity index (χ1n) is 5.90. The smallest absolute Gasteiger partial charge is 0.172 e. The van der Waals surface area contributed by atoms with Crippen LogP contribution in [0.15, 0.2) is 16.6 Å². The van der Waals surface area contributed by atoms with E-state index in [-0.39, 0.29) is 5.75 Å². The third-order valence-corrected chi connectivity index (χ3v) is 4.69. The molecule has 0 saturated heterocycles. The topological polar surface area (TPSA) is 81.3 Å². The Bertz CT molecular complexity index is 685. The van der Waals surface area contributed by atoms with Gasteiger partial charge >= 0.3 is 0 Å². The first-order chi connectivity index (χ1) is 9.60. The van der Waals surface area contributed by atoms with Crippen LogP contribution in [-0.4, -0.2) is 22.2 Å². The number of nitrogens with zero attached hydrogens (tertiary/aromatic N) is 2. The molecule has 1 aromatic carbocycles. The van der Waals surface area contributed by atoms with Crippen LogP contribution in [0, 0.1) is 0 Å². The predicted octanol–water partition coefficient (Wildman–Crippen LogP) is 2.95. The summed E-state index contributed by atoms with van der Waals surface area (Å²) in [6, 6.07) is 3.45. The van der Waals surface area contributed by atoms with Crippen molar-refractivity contribution in [3.8, 4) is 22.9 Å². The van der Waals surface area contributed by atoms with Gasteiger partial charge < -0.3 is 15.6 Å². The van der Waals surface area contributed by atoms with Crippen LogP contribution in [-0.2, 0) is 11.5 Å². The number of methoxy groups -OCH3 is 1. The van der Waals surface area contributed by atoms with Gasteiger partial charge in [-0.15, -0.1) is 0 Å². The Hall–Kier alpha value is -1.47. The van der Waals surface area contributed by atoms with E-state index in [9.17, 15) is 5.11 Å². The summed E-state index contributed by atoms with van der Waals surface area (Å²) in [5.41, 5.74) is 8.76. The maximum atomic E-state index is 9.84. The predicted molar refractivity (Wildman–Crippen MR) is 82.8 cm³/mol. The van der Waals surface area contributed by atoms with E-state index >= 15 is 0 Å². The van der Waals surface area contributed by atoms with Gasteiger partial charge in [0, 0.05) is 22.6 Å². The molecule has 0 atom stereocenters. The van der Waals surface area contributed by atoms with E-state index in [4.69, 9.17) is 10.5 Å². The van der Waals surface area contributed by atoms with E-state index in [1.54, 1.807) is 23.9 Å². The maximum absolute atomic E-state index is 9.84. The third-order valence-electron chi connectivity index (χ3n) is 3.12. The fourth-order valence-corrected chi connectivity index (χ4v) is 3.56. The number of nitrogen functional groups attached to an aromatic ring is 1. The Kier molecular flexibility index (Phi) is 3.47. The monoisotopic (exact) mass is 353 g/mol. The summed E-state index contributed by atoms with van der Waals surface area (Å²) >= 11 is 5.07. The molecule has 0 bridgehead atoms. The van der Waals surface area contributed by atoms with Crippen LogP contribution in [0.4, 0.5) is 5.82 Å². The molecule has 0 amide bonds. The van der Waals surface area contributed by atoms with Crippen molar-refractivity contribution in [2.75, 3.05) is 12.8 Å². The van der Waals surface area contributed by atoms with Gasteiger partial charge in [-0.05, 0) is 28.1 Å². The van der Waals surface area contributed by atoms with Gasteiger partial charge in [0.15, 0.2) is 17.3 Å². The zero-order valence-corrected chi connectivity index (χ0v) is 13.1. The van der Waals surface area contributed by atoms with Gasteiger partial charge in [0.2, 0.25) is 0 Å². The minimum Gasteiger partial charge on any atom is -0.503 e. The number of hydrogen-bond donors (Lipinski definition) is 2. The van der Waals surface area contributed by atoms with Crippen molar-refractivity contribution in [2.24, 2.45) is 0 Å². The summed E-state index contributed by atoms with van der Waals surface area (Å²) in [7, 11) is 1.50. The number of aromatic nitrogens is 2. The van der Waals surface area contributed by atoms with Crippen molar-refractivity contribution in [1.82, 2.24) is 9.97 Å². The number of halogens is 1. The molecule has 7 heteroatoms. The molecule has 3 N–H and O–H groups in total. The molecule has 20 heavy (non-hydrogen) atoms. The number of hydrogen-bond acceptors (Lipinski definition) is 6. The van der Waals surface area contributed by atoms with E-state index in [1.165, 1.54) is 7.11 Å². The number of nitrogens with two attached hydrogens (primary N) is 1. The molecule has 2 aromatic rings. The average Bonchev–Trinajstić information content (AvgIpc) is 2.90. The van der Waals surface area contributed by atoms with E-state index in [0.29, 0.717) is 21.9 Å². The molecule has 2 heterocycles. The molecule has 0 unspecified atom stereocenters. The lowest BCUT2D eigenvalue weighted by Crippen LogP contribution is -2.03. The molecule has 1 aromatic heterocycles. The Morgan fingerprint density at radius 3 is 2.90 bits per heavy atom. The second-order valence-electron chi connectivity index (χ2n) is 4.36. The zero-order valence-electron chi connectivity index (χ0n) is 10.7. The second-order valence-corrected chi connectivity index (χ2v) is 6.20. The maximum Gasteiger partial charge on any atom is 0.172 e. The molecule has 0 saturated carbocycles. The molecule has 0 aliphatic carbocycles. The molecular formula is C13H12BrN3O2S. The fourth-order valence-electron chi connectivity index (χ4n) is 2.06. The number of benzene rings is 1. The van der Waals surface area contributed by atoms with E-state index < -0.39 is 0 Å². The van der Waals surface area contributed by atoms with Gasteiger partial charge in [-0.1, -0.05) is 0 Å². The van der Waals surface area contributed by atoms with Crippen LogP contribution in [0.3, 0.4) is 0 Å². The highest BCUT2D eigenvalue weighted by molar-refractivity contribution is 9.10. The number of aromatic hydroxyl groups is 1. The van der Waals surface area contributed by atoms with Crippen LogP contribution in [0.5, 0.6) is 11.5 Å². The molecule has 0 radical (unpaired) electrons. The summed E-state index contributed by atoms with van der Waals surface area (Å²) in [6.07, 6.45) is 0. The summed E-state index contributed by atoms with van der Waals surface area (Å²) in [5, 5.41) is 9.84. The molecule has 5 nitrogen and oxygen atoms in total. The average molecular weight is 354 g/mol. The van der Waals surface area contributed by atoms with E-state index in [1.807, 2.05) is 0 Å². The van der Waals surface area contributed by atoms with Crippen molar-refractivity contribution in [3.63, 3.8) is 0 Å². The van der Waals surface area contributed by atoms with Crippen LogP contribution < -0.4 is 10.5 Å². The van der Waals surface area contributed by atoms with E-state index in [2.05, 4.69) is 25.9 Å². The lowest BCUT2D eigenvalue weighted by molar-refractivity contribution is 0.372. The van der Waals surface area contributed by atoms with Crippen LogP contribution in [0.1, 0.15) is 11.3 Å². The largest absolute Gasteiger partial charge is 0.503 e. The Labute approximate surface area is 128 Å². The normalized spacial score (nSPS) is 13.3. The number of phenols is 1. The van der Waals surface area contributed by atoms with Gasteiger partial charge in [-0.2, -0.15) is 11.8 Å². The third kappa shape index (κ3) is 2.20. The van der Waals surface area contributed by atoms with Crippen molar-refractivity contribution in [1.29, 1.82) is 0 Å². The number of ether oxygens (including phenoxy) is 1. The van der Waals surface area contributed by atoms with Crippen LogP contribution >= 0.6 is 27.7 Å². The SMILES string of the molecule is COc1cc(-c2nc(N)c3c(n2)CSC3)cc(Br)c1O. The lowest BCUT2D eigenvalue weighted by atomic mass is 10.1. The number of rotatable bonds is 2. The minimum absolute atomic E-state index is 0.0564. The number of fused-ring (bicyclic) bond motifs is 1. The van der Waals surface area contributed by atoms with Gasteiger partial charge in [0.1, 0.15) is 5.82 Å². The van der Waals surface area contributed by atoms with Gasteiger partial charge in [0.05, 0.1) is 17.3 Å². The Morgan fingerprint density at radius 2 is 2.15 bits per heavy atom. The standard InChI is InChI=1S/C13H12BrN3O2S/c1-19-10-3-6(2-8(14)11(10)18)13-16-9-5-20-4-7(9)12(15)17-13/h2-3,18H,4-5H2,1H3,(H2,15,16,17). The number of anilines is 1. The number of phenolic OH excluding ortho intramolecular Hbond substituents is 1.